The van der Waals surface area contributed by atoms with Crippen LogP contribution in [0, 0.1) is 0 Å². The normalized spacial score (nSPS) is 22.6. The average molecular weight is 375 g/mol. The molecule has 116 valence electrons. The molecular formula is C15H21BrClN3O. The highest BCUT2D eigenvalue weighted by molar-refractivity contribution is 9.10. The van der Waals surface area contributed by atoms with Crippen LogP contribution in [0.25, 0.3) is 0 Å². The number of aliphatic imine (C=N–C) groups is 1. The minimum absolute atomic E-state index is 0.225. The van der Waals surface area contributed by atoms with Gasteiger partial charge in [-0.15, -0.1) is 0 Å². The van der Waals surface area contributed by atoms with E-state index in [0.29, 0.717) is 17.5 Å². The molecule has 0 fully saturated rings. The Bertz CT molecular complexity index is 576. The van der Waals surface area contributed by atoms with Crippen LogP contribution in [-0.4, -0.2) is 30.8 Å². The molecule has 0 saturated carbocycles. The van der Waals surface area contributed by atoms with Gasteiger partial charge in [0.15, 0.2) is 5.96 Å². The molecule has 2 N–H and O–H groups in total. The maximum absolute atomic E-state index is 6.12. The van der Waals surface area contributed by atoms with Crippen LogP contribution in [0.3, 0.4) is 0 Å². The Hall–Kier alpha value is -0.780. The van der Waals surface area contributed by atoms with Crippen LogP contribution in [0.1, 0.15) is 27.2 Å². The third kappa shape index (κ3) is 3.35. The fourth-order valence-corrected chi connectivity index (χ4v) is 3.35. The maximum Gasteiger partial charge on any atom is 0.196 e. The summed E-state index contributed by atoms with van der Waals surface area (Å²) in [6.45, 7) is 6.94. The van der Waals surface area contributed by atoms with E-state index in [1.165, 1.54) is 0 Å². The fraction of sp³-hybridized carbons (Fsp3) is 0.533. The van der Waals surface area contributed by atoms with Gasteiger partial charge in [-0.05, 0) is 54.9 Å². The molecule has 21 heavy (non-hydrogen) atoms. The van der Waals surface area contributed by atoms with Crippen LogP contribution in [-0.2, 0) is 4.74 Å². The van der Waals surface area contributed by atoms with Crippen molar-refractivity contribution >= 4 is 39.2 Å². The van der Waals surface area contributed by atoms with Gasteiger partial charge in [0, 0.05) is 23.7 Å². The van der Waals surface area contributed by atoms with E-state index in [9.17, 15) is 0 Å². The monoisotopic (exact) mass is 373 g/mol. The van der Waals surface area contributed by atoms with E-state index in [1.807, 2.05) is 18.2 Å². The zero-order valence-electron chi connectivity index (χ0n) is 12.8. The molecule has 1 aliphatic heterocycles. The predicted molar refractivity (Wildman–Crippen MR) is 92.2 cm³/mol. The second kappa shape index (κ2) is 5.78. The summed E-state index contributed by atoms with van der Waals surface area (Å²) in [6, 6.07) is 5.78. The van der Waals surface area contributed by atoms with Crippen LogP contribution >= 0.6 is 27.5 Å². The third-order valence-corrected chi connectivity index (χ3v) is 5.09. The minimum atomic E-state index is -0.253. The van der Waals surface area contributed by atoms with Gasteiger partial charge in [-0.25, -0.2) is 0 Å². The first-order valence-electron chi connectivity index (χ1n) is 6.79. The summed E-state index contributed by atoms with van der Waals surface area (Å²) in [7, 11) is 1.73. The van der Waals surface area contributed by atoms with Crippen molar-refractivity contribution < 1.29 is 4.74 Å². The molecule has 2 rings (SSSR count). The number of halogens is 2. The van der Waals surface area contributed by atoms with Gasteiger partial charge in [-0.1, -0.05) is 11.6 Å². The van der Waals surface area contributed by atoms with Crippen molar-refractivity contribution in [3.63, 3.8) is 0 Å². The summed E-state index contributed by atoms with van der Waals surface area (Å²) < 4.78 is 6.42. The molecule has 0 amide bonds. The standard InChI is InChI=1S/C15H21BrClN3O/c1-14(2,21-4)8-15(3)9-19-13(18)20(15)10-5-6-12(17)11(16)7-10/h5-7H,8-9H2,1-4H3,(H2,18,19). The van der Waals surface area contributed by atoms with Crippen LogP contribution in [0.15, 0.2) is 27.7 Å². The minimum Gasteiger partial charge on any atom is -0.379 e. The Labute approximate surface area is 139 Å². The predicted octanol–water partition coefficient (Wildman–Crippen LogP) is 3.81. The van der Waals surface area contributed by atoms with Crippen LogP contribution in [0.4, 0.5) is 5.69 Å². The summed E-state index contributed by atoms with van der Waals surface area (Å²) in [5.41, 5.74) is 6.62. The molecule has 0 radical (unpaired) electrons. The number of methoxy groups -OCH3 is 1. The van der Waals surface area contributed by atoms with Crippen molar-refractivity contribution in [1.29, 1.82) is 0 Å². The lowest BCUT2D eigenvalue weighted by Crippen LogP contribution is -2.53. The first kappa shape index (κ1) is 16.6. The number of guanidine groups is 1. The van der Waals surface area contributed by atoms with Gasteiger partial charge >= 0.3 is 0 Å². The largest absolute Gasteiger partial charge is 0.379 e. The molecule has 6 heteroatoms. The SMILES string of the molecule is COC(C)(C)CC1(C)CN=C(N)N1c1ccc(Cl)c(Br)c1. The van der Waals surface area contributed by atoms with E-state index in [4.69, 9.17) is 22.1 Å². The van der Waals surface area contributed by atoms with Gasteiger partial charge in [-0.3, -0.25) is 4.99 Å². The average Bonchev–Trinajstić information content (AvgIpc) is 2.68. The number of nitrogens with two attached hydrogens (primary N) is 1. The van der Waals surface area contributed by atoms with E-state index in [1.54, 1.807) is 7.11 Å². The van der Waals surface area contributed by atoms with Crippen molar-refractivity contribution in [1.82, 2.24) is 0 Å². The van der Waals surface area contributed by atoms with E-state index in [0.717, 1.165) is 16.6 Å². The first-order chi connectivity index (χ1) is 9.68. The highest BCUT2D eigenvalue weighted by Gasteiger charge is 2.43. The lowest BCUT2D eigenvalue weighted by molar-refractivity contribution is 0.00151. The third-order valence-electron chi connectivity index (χ3n) is 3.87. The molecule has 0 aliphatic carbocycles. The maximum atomic E-state index is 6.12. The van der Waals surface area contributed by atoms with Gasteiger partial charge in [0.2, 0.25) is 0 Å². The first-order valence-corrected chi connectivity index (χ1v) is 7.96. The number of anilines is 1. The molecule has 1 unspecified atom stereocenters. The van der Waals surface area contributed by atoms with Gasteiger partial charge in [0.25, 0.3) is 0 Å². The van der Waals surface area contributed by atoms with Crippen molar-refractivity contribution in [2.75, 3.05) is 18.6 Å². The zero-order chi connectivity index (χ0) is 15.8. The topological polar surface area (TPSA) is 50.9 Å². The van der Waals surface area contributed by atoms with Crippen molar-refractivity contribution in [2.24, 2.45) is 10.7 Å². The molecule has 0 saturated heterocycles. The molecule has 0 aromatic heterocycles. The second-order valence-electron chi connectivity index (χ2n) is 6.25. The van der Waals surface area contributed by atoms with Crippen LogP contribution in [0.5, 0.6) is 0 Å². The quantitative estimate of drug-likeness (QED) is 0.872. The van der Waals surface area contributed by atoms with Gasteiger partial charge in [0.05, 0.1) is 22.7 Å². The summed E-state index contributed by atoms with van der Waals surface area (Å²) in [6.07, 6.45) is 0.806. The summed E-state index contributed by atoms with van der Waals surface area (Å²) in [4.78, 5) is 6.50. The van der Waals surface area contributed by atoms with E-state index in [-0.39, 0.29) is 11.1 Å². The summed E-state index contributed by atoms with van der Waals surface area (Å²) in [5, 5.41) is 0.674. The summed E-state index contributed by atoms with van der Waals surface area (Å²) >= 11 is 9.54. The molecule has 1 atom stereocenters. The highest BCUT2D eigenvalue weighted by Crippen LogP contribution is 2.37. The molecule has 0 spiro atoms. The Morgan fingerprint density at radius 2 is 2.19 bits per heavy atom. The van der Waals surface area contributed by atoms with Crippen molar-refractivity contribution in [2.45, 2.75) is 38.3 Å². The Morgan fingerprint density at radius 1 is 1.52 bits per heavy atom. The van der Waals surface area contributed by atoms with E-state index in [2.05, 4.69) is 46.6 Å². The van der Waals surface area contributed by atoms with Crippen molar-refractivity contribution in [3.8, 4) is 0 Å². The van der Waals surface area contributed by atoms with Gasteiger partial charge < -0.3 is 15.4 Å². The highest BCUT2D eigenvalue weighted by atomic mass is 79.9. The second-order valence-corrected chi connectivity index (χ2v) is 7.51. The number of benzene rings is 1. The lowest BCUT2D eigenvalue weighted by Gasteiger charge is -2.41. The Morgan fingerprint density at radius 3 is 2.76 bits per heavy atom. The molecule has 1 heterocycles. The lowest BCUT2D eigenvalue weighted by atomic mass is 9.86. The van der Waals surface area contributed by atoms with Crippen LogP contribution < -0.4 is 10.6 Å². The van der Waals surface area contributed by atoms with Gasteiger partial charge in [-0.2, -0.15) is 0 Å². The number of rotatable bonds is 4. The molecular weight excluding hydrogens is 354 g/mol. The zero-order valence-corrected chi connectivity index (χ0v) is 15.1. The Kier molecular flexibility index (Phi) is 4.57. The van der Waals surface area contributed by atoms with Crippen LogP contribution in [0.2, 0.25) is 5.02 Å². The van der Waals surface area contributed by atoms with E-state index < -0.39 is 0 Å². The smallest absolute Gasteiger partial charge is 0.196 e. The number of nitrogens with zero attached hydrogens (tertiary/aromatic N) is 2. The molecule has 1 aromatic rings. The van der Waals surface area contributed by atoms with Gasteiger partial charge in [0.1, 0.15) is 0 Å². The number of hydrogen-bond donors (Lipinski definition) is 1. The Balaban J connectivity index is 2.38. The molecule has 0 bridgehead atoms. The molecule has 1 aliphatic rings. The molecule has 1 aromatic carbocycles. The van der Waals surface area contributed by atoms with Crippen molar-refractivity contribution in [3.05, 3.63) is 27.7 Å². The fourth-order valence-electron chi connectivity index (χ4n) is 2.86. The summed E-state index contributed by atoms with van der Waals surface area (Å²) in [5.74, 6) is 0.527. The number of ether oxygens (including phenoxy) is 1. The number of hydrogen-bond acceptors (Lipinski definition) is 4. The molecule has 4 nitrogen and oxygen atoms in total. The van der Waals surface area contributed by atoms with E-state index >= 15 is 0 Å².